The monoisotopic (exact) mass is 391 g/mol. The lowest BCUT2D eigenvalue weighted by atomic mass is 10.0. The Kier molecular flexibility index (Phi) is 5.36. The number of hydrogen-bond acceptors (Lipinski definition) is 4. The summed E-state index contributed by atoms with van der Waals surface area (Å²) in [5.74, 6) is 1.71. The minimum absolute atomic E-state index is 0.147. The summed E-state index contributed by atoms with van der Waals surface area (Å²) in [5.41, 5.74) is 4.15. The molecule has 1 aliphatic rings. The highest BCUT2D eigenvalue weighted by molar-refractivity contribution is 8.00. The molecule has 0 unspecified atom stereocenters. The van der Waals surface area contributed by atoms with E-state index in [1.807, 2.05) is 45.0 Å². The van der Waals surface area contributed by atoms with Crippen LogP contribution in [0.4, 0.5) is 0 Å². The number of ketones is 1. The fourth-order valence-corrected chi connectivity index (χ4v) is 4.30. The number of Topliss-reactive ketones (excluding diaryl/α,β-unsaturated/α-hetero) is 1. The fourth-order valence-electron chi connectivity index (χ4n) is 3.38. The van der Waals surface area contributed by atoms with Crippen LogP contribution in [0.15, 0.2) is 53.7 Å². The molecule has 28 heavy (non-hydrogen) atoms. The Hall–Kier alpha value is -2.40. The summed E-state index contributed by atoms with van der Waals surface area (Å²) in [4.78, 5) is 13.1. The molecule has 4 nitrogen and oxygen atoms in total. The lowest BCUT2D eigenvalue weighted by Crippen LogP contribution is -2.16. The number of thioether (sulfide) groups is 1. The molecule has 3 aromatic rings. The third-order valence-electron chi connectivity index (χ3n) is 5.18. The van der Waals surface area contributed by atoms with Crippen molar-refractivity contribution in [2.45, 2.75) is 56.5 Å². The van der Waals surface area contributed by atoms with Crippen LogP contribution in [0.25, 0.3) is 0 Å². The summed E-state index contributed by atoms with van der Waals surface area (Å²) < 4.78 is 2.20. The number of carbonyl (C=O) groups excluding carboxylic acids is 1. The molecule has 0 radical (unpaired) electrons. The maximum absolute atomic E-state index is 13.1. The number of nitrogens with zero attached hydrogens (tertiary/aromatic N) is 3. The molecular formula is C23H25N3OS. The van der Waals surface area contributed by atoms with Gasteiger partial charge in [-0.3, -0.25) is 4.79 Å². The fraction of sp³-hybridized carbons (Fsp3) is 0.348. The molecule has 0 N–H and O–H groups in total. The second-order valence-corrected chi connectivity index (χ2v) is 8.94. The molecule has 0 spiro atoms. The Morgan fingerprint density at radius 1 is 1.14 bits per heavy atom. The van der Waals surface area contributed by atoms with Gasteiger partial charge in [-0.1, -0.05) is 59.8 Å². The number of carbonyl (C=O) groups is 1. The van der Waals surface area contributed by atoms with E-state index in [0.717, 1.165) is 34.2 Å². The van der Waals surface area contributed by atoms with Gasteiger partial charge in [0, 0.05) is 11.5 Å². The summed E-state index contributed by atoms with van der Waals surface area (Å²) in [6.45, 7) is 6.72. The van der Waals surface area contributed by atoms with E-state index in [-0.39, 0.29) is 11.0 Å². The molecule has 4 rings (SSSR count). The van der Waals surface area contributed by atoms with E-state index in [1.54, 1.807) is 0 Å². The van der Waals surface area contributed by atoms with E-state index in [4.69, 9.17) is 0 Å². The second kappa shape index (κ2) is 7.92. The van der Waals surface area contributed by atoms with Crippen LogP contribution >= 0.6 is 11.8 Å². The lowest BCUT2D eigenvalue weighted by Gasteiger charge is -2.14. The van der Waals surface area contributed by atoms with Crippen molar-refractivity contribution >= 4 is 17.5 Å². The zero-order valence-corrected chi connectivity index (χ0v) is 17.4. The van der Waals surface area contributed by atoms with Crippen molar-refractivity contribution in [3.8, 4) is 0 Å². The average molecular weight is 392 g/mol. The Labute approximate surface area is 170 Å². The topological polar surface area (TPSA) is 47.8 Å². The van der Waals surface area contributed by atoms with E-state index in [9.17, 15) is 4.79 Å². The number of aryl methyl sites for hydroxylation is 2. The smallest absolute Gasteiger partial charge is 0.192 e. The van der Waals surface area contributed by atoms with Crippen molar-refractivity contribution in [3.63, 3.8) is 0 Å². The van der Waals surface area contributed by atoms with Crippen molar-refractivity contribution in [2.75, 3.05) is 0 Å². The van der Waals surface area contributed by atoms with Gasteiger partial charge in [-0.15, -0.1) is 10.2 Å². The number of aromatic nitrogens is 3. The first kappa shape index (κ1) is 18.9. The van der Waals surface area contributed by atoms with Crippen LogP contribution in [-0.2, 0) is 6.54 Å². The van der Waals surface area contributed by atoms with Gasteiger partial charge in [-0.2, -0.15) is 0 Å². The van der Waals surface area contributed by atoms with Crippen molar-refractivity contribution < 1.29 is 4.79 Å². The SMILES string of the molecule is Cc1ccc(C)c(C(=O)[C@H](C)Sc2nnc(C3CC3)n2Cc2ccccc2)c1. The third kappa shape index (κ3) is 4.04. The highest BCUT2D eigenvalue weighted by Gasteiger charge is 2.31. The zero-order valence-electron chi connectivity index (χ0n) is 16.6. The minimum Gasteiger partial charge on any atom is -0.301 e. The Morgan fingerprint density at radius 3 is 2.61 bits per heavy atom. The summed E-state index contributed by atoms with van der Waals surface area (Å²) in [5, 5.41) is 9.54. The Balaban J connectivity index is 1.59. The molecular weight excluding hydrogens is 366 g/mol. The summed E-state index contributed by atoms with van der Waals surface area (Å²) in [7, 11) is 0. The van der Waals surface area contributed by atoms with Crippen molar-refractivity contribution in [3.05, 3.63) is 76.6 Å². The summed E-state index contributed by atoms with van der Waals surface area (Å²) in [6, 6.07) is 16.4. The molecule has 1 heterocycles. The van der Waals surface area contributed by atoms with Crippen LogP contribution in [0.5, 0.6) is 0 Å². The van der Waals surface area contributed by atoms with E-state index >= 15 is 0 Å². The van der Waals surface area contributed by atoms with Crippen LogP contribution in [0.2, 0.25) is 0 Å². The van der Waals surface area contributed by atoms with Crippen LogP contribution in [0.3, 0.4) is 0 Å². The molecule has 0 amide bonds. The van der Waals surface area contributed by atoms with Gasteiger partial charge in [0.1, 0.15) is 5.82 Å². The second-order valence-electron chi connectivity index (χ2n) is 7.63. The largest absolute Gasteiger partial charge is 0.301 e. The molecule has 144 valence electrons. The van der Waals surface area contributed by atoms with Crippen LogP contribution < -0.4 is 0 Å². The van der Waals surface area contributed by atoms with Crippen molar-refractivity contribution in [2.24, 2.45) is 0 Å². The minimum atomic E-state index is -0.216. The molecule has 1 aliphatic carbocycles. The van der Waals surface area contributed by atoms with Gasteiger partial charge >= 0.3 is 0 Å². The van der Waals surface area contributed by atoms with E-state index in [1.165, 1.54) is 30.2 Å². The van der Waals surface area contributed by atoms with E-state index < -0.39 is 0 Å². The summed E-state index contributed by atoms with van der Waals surface area (Å²) >= 11 is 1.51. The molecule has 2 aromatic carbocycles. The van der Waals surface area contributed by atoms with E-state index in [2.05, 4.69) is 39.0 Å². The van der Waals surface area contributed by atoms with Gasteiger partial charge in [-0.05, 0) is 50.8 Å². The maximum atomic E-state index is 13.1. The number of rotatable bonds is 7. The first-order chi connectivity index (χ1) is 13.5. The van der Waals surface area contributed by atoms with E-state index in [0.29, 0.717) is 5.92 Å². The Bertz CT molecular complexity index is 992. The van der Waals surface area contributed by atoms with Gasteiger partial charge in [0.15, 0.2) is 10.9 Å². The Morgan fingerprint density at radius 2 is 1.89 bits per heavy atom. The quantitative estimate of drug-likeness (QED) is 0.411. The molecule has 1 atom stereocenters. The van der Waals surface area contributed by atoms with Gasteiger partial charge in [-0.25, -0.2) is 0 Å². The van der Waals surface area contributed by atoms with Crippen LogP contribution in [-0.4, -0.2) is 25.8 Å². The third-order valence-corrected chi connectivity index (χ3v) is 6.26. The van der Waals surface area contributed by atoms with Crippen LogP contribution in [0.1, 0.15) is 58.6 Å². The van der Waals surface area contributed by atoms with Gasteiger partial charge < -0.3 is 4.57 Å². The lowest BCUT2D eigenvalue weighted by molar-refractivity contribution is 0.0993. The average Bonchev–Trinajstić information content (AvgIpc) is 3.47. The molecule has 5 heteroatoms. The molecule has 0 aliphatic heterocycles. The predicted octanol–water partition coefficient (Wildman–Crippen LogP) is 5.18. The zero-order chi connectivity index (χ0) is 19.7. The first-order valence-electron chi connectivity index (χ1n) is 9.78. The number of benzene rings is 2. The molecule has 1 fully saturated rings. The van der Waals surface area contributed by atoms with Gasteiger partial charge in [0.25, 0.3) is 0 Å². The molecule has 1 saturated carbocycles. The normalized spacial score (nSPS) is 14.8. The first-order valence-corrected chi connectivity index (χ1v) is 10.7. The molecule has 0 bridgehead atoms. The number of hydrogen-bond donors (Lipinski definition) is 0. The van der Waals surface area contributed by atoms with Crippen molar-refractivity contribution in [1.82, 2.24) is 14.8 Å². The van der Waals surface area contributed by atoms with Crippen molar-refractivity contribution in [1.29, 1.82) is 0 Å². The maximum Gasteiger partial charge on any atom is 0.192 e. The highest BCUT2D eigenvalue weighted by Crippen LogP contribution is 2.40. The standard InChI is InChI=1S/C23H25N3OS/c1-15-9-10-16(2)20(13-15)21(27)17(3)28-23-25-24-22(19-11-12-19)26(23)14-18-7-5-4-6-8-18/h4-10,13,17,19H,11-12,14H2,1-3H3/t17-/m0/s1. The van der Waals surface area contributed by atoms with Gasteiger partial charge in [0.05, 0.1) is 11.8 Å². The highest BCUT2D eigenvalue weighted by atomic mass is 32.2. The molecule has 0 saturated heterocycles. The summed E-state index contributed by atoms with van der Waals surface area (Å²) in [6.07, 6.45) is 2.35. The van der Waals surface area contributed by atoms with Gasteiger partial charge in [0.2, 0.25) is 0 Å². The predicted molar refractivity (Wildman–Crippen MR) is 113 cm³/mol. The van der Waals surface area contributed by atoms with Crippen LogP contribution in [0, 0.1) is 13.8 Å². The molecule has 1 aromatic heterocycles.